The van der Waals surface area contributed by atoms with E-state index >= 15 is 0 Å². The molecular formula is C16H21F3N3O7S-. The van der Waals surface area contributed by atoms with Crippen molar-refractivity contribution in [2.24, 2.45) is 0 Å². The maximum Gasteiger partial charge on any atom is 0.573 e. The van der Waals surface area contributed by atoms with Crippen LogP contribution >= 0.6 is 0 Å². The average molecular weight is 456 g/mol. The van der Waals surface area contributed by atoms with Gasteiger partial charge in [-0.2, -0.15) is 4.31 Å². The van der Waals surface area contributed by atoms with Crippen LogP contribution in [-0.2, 0) is 14.8 Å². The number of rotatable bonds is 4. The van der Waals surface area contributed by atoms with Crippen LogP contribution in [-0.4, -0.2) is 71.9 Å². The minimum atomic E-state index is -4.94. The van der Waals surface area contributed by atoms with Gasteiger partial charge >= 0.3 is 12.5 Å². The van der Waals surface area contributed by atoms with Gasteiger partial charge in [0.2, 0.25) is 10.0 Å². The van der Waals surface area contributed by atoms with Gasteiger partial charge in [-0.3, -0.25) is 0 Å². The van der Waals surface area contributed by atoms with E-state index in [0.717, 1.165) is 29.2 Å². The fourth-order valence-electron chi connectivity index (χ4n) is 2.65. The number of sulfonamides is 1. The first-order valence-electron chi connectivity index (χ1n) is 8.61. The third-order valence-electron chi connectivity index (χ3n) is 3.88. The van der Waals surface area contributed by atoms with Gasteiger partial charge in [0.05, 0.1) is 11.4 Å². The van der Waals surface area contributed by atoms with Crippen LogP contribution in [0.25, 0.3) is 0 Å². The van der Waals surface area contributed by atoms with E-state index in [-0.39, 0.29) is 13.1 Å². The standard InChI is InChI=1S/C16H21F3N3O7S/c1-15(2,3)29-14(23)20-8-9-21(13(10-20)22(24)25)30(26,27)12-6-4-11(5-7-12)28-16(17,18)19/h4-7,13,24H,8-10H2,1-3H3/q-1/t13-/m0/s1. The summed E-state index contributed by atoms with van der Waals surface area (Å²) in [5.41, 5.74) is -0.827. The van der Waals surface area contributed by atoms with Crippen LogP contribution in [0.3, 0.4) is 0 Å². The molecule has 170 valence electrons. The van der Waals surface area contributed by atoms with Crippen molar-refractivity contribution in [3.05, 3.63) is 29.5 Å². The van der Waals surface area contributed by atoms with E-state index < -0.39 is 56.7 Å². The molecule has 0 aliphatic carbocycles. The Morgan fingerprint density at radius 1 is 1.20 bits per heavy atom. The molecule has 1 amide bonds. The summed E-state index contributed by atoms with van der Waals surface area (Å²) in [5, 5.41) is 20.4. The molecule has 1 heterocycles. The van der Waals surface area contributed by atoms with Crippen LogP contribution < -0.4 is 4.74 Å². The molecule has 2 rings (SSSR count). The Hall–Kier alpha value is -2.13. The maximum absolute atomic E-state index is 12.9. The van der Waals surface area contributed by atoms with Crippen LogP contribution in [0.4, 0.5) is 18.0 Å². The van der Waals surface area contributed by atoms with Crippen molar-refractivity contribution in [3.63, 3.8) is 0 Å². The van der Waals surface area contributed by atoms with Gasteiger partial charge in [0.25, 0.3) is 0 Å². The second kappa shape index (κ2) is 8.55. The van der Waals surface area contributed by atoms with Crippen LogP contribution in [0.15, 0.2) is 29.2 Å². The summed E-state index contributed by atoms with van der Waals surface area (Å²) in [4.78, 5) is 12.8. The number of hydroxylamine groups is 2. The summed E-state index contributed by atoms with van der Waals surface area (Å²) in [6.07, 6.45) is -7.41. The molecule has 1 aromatic rings. The Balaban J connectivity index is 2.21. The van der Waals surface area contributed by atoms with E-state index in [1.165, 1.54) is 0 Å². The highest BCUT2D eigenvalue weighted by atomic mass is 32.2. The molecule has 1 atom stereocenters. The first kappa shape index (κ1) is 24.1. The molecule has 1 saturated heterocycles. The molecule has 10 nitrogen and oxygen atoms in total. The van der Waals surface area contributed by atoms with E-state index in [4.69, 9.17) is 4.74 Å². The molecule has 0 spiro atoms. The lowest BCUT2D eigenvalue weighted by Gasteiger charge is -2.45. The molecule has 1 fully saturated rings. The Bertz CT molecular complexity index is 854. The third kappa shape index (κ3) is 6.18. The molecule has 0 aromatic heterocycles. The number of piperazine rings is 1. The lowest BCUT2D eigenvalue weighted by Crippen LogP contribution is -2.61. The smallest absolute Gasteiger partial charge is 0.573 e. The van der Waals surface area contributed by atoms with Crippen LogP contribution in [0.5, 0.6) is 5.75 Å². The Morgan fingerprint density at radius 3 is 2.23 bits per heavy atom. The van der Waals surface area contributed by atoms with Crippen molar-refractivity contribution in [3.8, 4) is 5.75 Å². The van der Waals surface area contributed by atoms with Crippen molar-refractivity contribution in [1.29, 1.82) is 0 Å². The fraction of sp³-hybridized carbons (Fsp3) is 0.562. The summed E-state index contributed by atoms with van der Waals surface area (Å²) >= 11 is 0. The predicted molar refractivity (Wildman–Crippen MR) is 95.6 cm³/mol. The van der Waals surface area contributed by atoms with Gasteiger partial charge in [0, 0.05) is 13.1 Å². The monoisotopic (exact) mass is 456 g/mol. The van der Waals surface area contributed by atoms with Crippen LogP contribution in [0.1, 0.15) is 20.8 Å². The lowest BCUT2D eigenvalue weighted by atomic mass is 10.2. The Kier molecular flexibility index (Phi) is 6.88. The maximum atomic E-state index is 12.9. The molecule has 0 unspecified atom stereocenters. The Morgan fingerprint density at radius 2 is 1.77 bits per heavy atom. The molecule has 1 aliphatic heterocycles. The number of carbonyl (C=O) groups is 1. The van der Waals surface area contributed by atoms with Gasteiger partial charge in [0.15, 0.2) is 0 Å². The van der Waals surface area contributed by atoms with Crippen molar-refractivity contribution in [2.75, 3.05) is 19.6 Å². The zero-order valence-corrected chi connectivity index (χ0v) is 17.1. The van der Waals surface area contributed by atoms with E-state index in [1.807, 2.05) is 0 Å². The number of hydrogen-bond donors (Lipinski definition) is 1. The van der Waals surface area contributed by atoms with Crippen LogP contribution in [0, 0.1) is 5.21 Å². The molecule has 30 heavy (non-hydrogen) atoms. The second-order valence-corrected chi connectivity index (χ2v) is 9.24. The SMILES string of the molecule is CC(C)(C)OC(=O)N1CCN(S(=O)(=O)c2ccc(OC(F)(F)F)cc2)[C@@H](N([O-])O)C1. The first-order valence-corrected chi connectivity index (χ1v) is 10.0. The zero-order chi connectivity index (χ0) is 22.9. The third-order valence-corrected chi connectivity index (χ3v) is 5.79. The van der Waals surface area contributed by atoms with Crippen molar-refractivity contribution in [2.45, 2.75) is 43.8 Å². The summed E-state index contributed by atoms with van der Waals surface area (Å²) < 4.78 is 72.0. The number of halogens is 3. The summed E-state index contributed by atoms with van der Waals surface area (Å²) in [7, 11) is -4.38. The van der Waals surface area contributed by atoms with E-state index in [1.54, 1.807) is 20.8 Å². The molecule has 14 heteroatoms. The molecule has 0 bridgehead atoms. The fourth-order valence-corrected chi connectivity index (χ4v) is 4.19. The number of ether oxygens (including phenoxy) is 2. The number of hydrogen-bond acceptors (Lipinski definition) is 8. The highest BCUT2D eigenvalue weighted by Gasteiger charge is 2.39. The summed E-state index contributed by atoms with van der Waals surface area (Å²) in [5.74, 6) is -0.625. The van der Waals surface area contributed by atoms with Gasteiger partial charge in [0.1, 0.15) is 17.5 Å². The van der Waals surface area contributed by atoms with Gasteiger partial charge in [-0.15, -0.1) is 13.2 Å². The first-order chi connectivity index (χ1) is 13.6. The predicted octanol–water partition coefficient (Wildman–Crippen LogP) is 2.34. The van der Waals surface area contributed by atoms with Gasteiger partial charge < -0.3 is 24.8 Å². The highest BCUT2D eigenvalue weighted by Crippen LogP contribution is 2.27. The highest BCUT2D eigenvalue weighted by molar-refractivity contribution is 7.89. The van der Waals surface area contributed by atoms with E-state index in [0.29, 0.717) is 4.31 Å². The molecule has 1 aliphatic rings. The largest absolute Gasteiger partial charge is 0.761 e. The minimum Gasteiger partial charge on any atom is -0.761 e. The number of nitrogens with zero attached hydrogens (tertiary/aromatic N) is 3. The molecule has 0 saturated carbocycles. The van der Waals surface area contributed by atoms with Gasteiger partial charge in [-0.1, -0.05) is 0 Å². The molecular weight excluding hydrogens is 435 g/mol. The lowest BCUT2D eigenvalue weighted by molar-refractivity contribution is -0.274. The average Bonchev–Trinajstić information content (AvgIpc) is 2.58. The quantitative estimate of drug-likeness (QED) is 0.685. The molecule has 0 radical (unpaired) electrons. The van der Waals surface area contributed by atoms with Crippen molar-refractivity contribution >= 4 is 16.1 Å². The number of benzene rings is 1. The topological polar surface area (TPSA) is 123 Å². The number of amides is 1. The van der Waals surface area contributed by atoms with Gasteiger partial charge in [-0.05, 0) is 45.0 Å². The van der Waals surface area contributed by atoms with Crippen molar-refractivity contribution in [1.82, 2.24) is 14.4 Å². The second-order valence-electron chi connectivity index (χ2n) is 7.34. The van der Waals surface area contributed by atoms with Crippen molar-refractivity contribution < 1.29 is 41.1 Å². The normalized spacial score (nSPS) is 19.1. The Labute approximate surface area is 170 Å². The van der Waals surface area contributed by atoms with E-state index in [9.17, 15) is 36.8 Å². The van der Waals surface area contributed by atoms with E-state index in [2.05, 4.69) is 4.74 Å². The number of alkyl halides is 3. The zero-order valence-electron chi connectivity index (χ0n) is 16.3. The summed E-state index contributed by atoms with van der Waals surface area (Å²) in [6, 6.07) is 3.36. The minimum absolute atomic E-state index is 0.131. The summed E-state index contributed by atoms with van der Waals surface area (Å²) in [6.45, 7) is 3.91. The molecule has 1 aromatic carbocycles. The van der Waals surface area contributed by atoms with Gasteiger partial charge in [-0.25, -0.2) is 18.4 Å². The van der Waals surface area contributed by atoms with Crippen LogP contribution in [0.2, 0.25) is 0 Å². The number of carbonyl (C=O) groups excluding carboxylic acids is 1. The molecule has 1 N–H and O–H groups in total.